The highest BCUT2D eigenvalue weighted by atomic mass is 16.6. The summed E-state index contributed by atoms with van der Waals surface area (Å²) in [6.07, 6.45) is 1.96. The Morgan fingerprint density at radius 1 is 1.33 bits per heavy atom. The molecule has 2 heterocycles. The van der Waals surface area contributed by atoms with E-state index in [0.29, 0.717) is 18.1 Å². The maximum Gasteiger partial charge on any atom is 0.0884 e. The lowest BCUT2D eigenvalue weighted by Gasteiger charge is -2.08. The standard InChI is InChI=1S/C7H12O2/c1-5-4-9-6-2-3-8-7(5)6/h5-7H,2-4H2,1H3/t5-,6?,7?/m1/s1. The van der Waals surface area contributed by atoms with Crippen LogP contribution in [0.15, 0.2) is 0 Å². The molecule has 52 valence electrons. The highest BCUT2D eigenvalue weighted by molar-refractivity contribution is 4.86. The van der Waals surface area contributed by atoms with E-state index in [2.05, 4.69) is 6.92 Å². The summed E-state index contributed by atoms with van der Waals surface area (Å²) in [6, 6.07) is 0. The predicted molar refractivity (Wildman–Crippen MR) is 33.3 cm³/mol. The van der Waals surface area contributed by atoms with Gasteiger partial charge in [-0.15, -0.1) is 0 Å². The molecular formula is C7H12O2. The number of hydrogen-bond acceptors (Lipinski definition) is 2. The first kappa shape index (κ1) is 5.69. The summed E-state index contributed by atoms with van der Waals surface area (Å²) < 4.78 is 10.9. The quantitative estimate of drug-likeness (QED) is 0.480. The van der Waals surface area contributed by atoms with E-state index < -0.39 is 0 Å². The Kier molecular flexibility index (Phi) is 1.24. The summed E-state index contributed by atoms with van der Waals surface area (Å²) >= 11 is 0. The van der Waals surface area contributed by atoms with Gasteiger partial charge in [-0.3, -0.25) is 0 Å². The lowest BCUT2D eigenvalue weighted by Crippen LogP contribution is -2.19. The third-order valence-electron chi connectivity index (χ3n) is 2.21. The first-order valence-electron chi connectivity index (χ1n) is 3.61. The molecule has 2 heteroatoms. The van der Waals surface area contributed by atoms with E-state index in [4.69, 9.17) is 9.47 Å². The molecule has 2 aliphatic heterocycles. The third-order valence-corrected chi connectivity index (χ3v) is 2.21. The van der Waals surface area contributed by atoms with Gasteiger partial charge in [0.05, 0.1) is 18.8 Å². The second-order valence-electron chi connectivity index (χ2n) is 2.97. The molecule has 0 aromatic carbocycles. The minimum atomic E-state index is 0.421. The van der Waals surface area contributed by atoms with Crippen molar-refractivity contribution in [2.45, 2.75) is 25.6 Å². The van der Waals surface area contributed by atoms with Gasteiger partial charge in [0.15, 0.2) is 0 Å². The van der Waals surface area contributed by atoms with Crippen LogP contribution in [0.5, 0.6) is 0 Å². The van der Waals surface area contributed by atoms with Crippen molar-refractivity contribution in [2.75, 3.05) is 13.2 Å². The van der Waals surface area contributed by atoms with Crippen LogP contribution in [0.1, 0.15) is 13.3 Å². The number of rotatable bonds is 0. The molecule has 2 aliphatic rings. The van der Waals surface area contributed by atoms with Crippen molar-refractivity contribution in [1.29, 1.82) is 0 Å². The molecule has 0 spiro atoms. The van der Waals surface area contributed by atoms with Crippen LogP contribution >= 0.6 is 0 Å². The predicted octanol–water partition coefficient (Wildman–Crippen LogP) is 0.810. The molecular weight excluding hydrogens is 116 g/mol. The molecule has 0 amide bonds. The van der Waals surface area contributed by atoms with Crippen molar-refractivity contribution >= 4 is 0 Å². The summed E-state index contributed by atoms with van der Waals surface area (Å²) in [7, 11) is 0. The topological polar surface area (TPSA) is 18.5 Å². The van der Waals surface area contributed by atoms with Crippen LogP contribution in [-0.2, 0) is 9.47 Å². The number of ether oxygens (including phenoxy) is 2. The average molecular weight is 128 g/mol. The Bertz CT molecular complexity index is 113. The molecule has 2 fully saturated rings. The first-order valence-corrected chi connectivity index (χ1v) is 3.61. The Morgan fingerprint density at radius 3 is 3.00 bits per heavy atom. The Hall–Kier alpha value is -0.0800. The minimum Gasteiger partial charge on any atom is -0.375 e. The first-order chi connectivity index (χ1) is 4.38. The highest BCUT2D eigenvalue weighted by Crippen LogP contribution is 2.29. The van der Waals surface area contributed by atoms with Crippen LogP contribution < -0.4 is 0 Å². The molecule has 2 nitrogen and oxygen atoms in total. The van der Waals surface area contributed by atoms with E-state index in [1.54, 1.807) is 0 Å². The van der Waals surface area contributed by atoms with E-state index in [-0.39, 0.29) is 0 Å². The molecule has 0 radical (unpaired) electrons. The van der Waals surface area contributed by atoms with E-state index in [1.165, 1.54) is 0 Å². The largest absolute Gasteiger partial charge is 0.375 e. The van der Waals surface area contributed by atoms with E-state index in [1.807, 2.05) is 0 Å². The summed E-state index contributed by atoms with van der Waals surface area (Å²) in [5.74, 6) is 0.623. The molecule has 2 unspecified atom stereocenters. The summed E-state index contributed by atoms with van der Waals surface area (Å²) in [5, 5.41) is 0. The molecule has 2 saturated heterocycles. The van der Waals surface area contributed by atoms with Gasteiger partial charge in [-0.1, -0.05) is 6.92 Å². The Labute approximate surface area is 55.1 Å². The van der Waals surface area contributed by atoms with Gasteiger partial charge >= 0.3 is 0 Å². The molecule has 2 rings (SSSR count). The zero-order chi connectivity index (χ0) is 6.27. The molecule has 0 N–H and O–H groups in total. The average Bonchev–Trinajstić information content (AvgIpc) is 2.35. The minimum absolute atomic E-state index is 0.421. The molecule has 0 aromatic heterocycles. The smallest absolute Gasteiger partial charge is 0.0884 e. The van der Waals surface area contributed by atoms with Crippen LogP contribution in [0, 0.1) is 5.92 Å². The lowest BCUT2D eigenvalue weighted by atomic mass is 10.1. The summed E-state index contributed by atoms with van der Waals surface area (Å²) in [5.41, 5.74) is 0. The van der Waals surface area contributed by atoms with E-state index in [9.17, 15) is 0 Å². The fourth-order valence-corrected chi connectivity index (χ4v) is 1.67. The van der Waals surface area contributed by atoms with Crippen LogP contribution in [0.4, 0.5) is 0 Å². The number of fused-ring (bicyclic) bond motifs is 1. The summed E-state index contributed by atoms with van der Waals surface area (Å²) in [6.45, 7) is 3.99. The van der Waals surface area contributed by atoms with Crippen molar-refractivity contribution < 1.29 is 9.47 Å². The fraction of sp³-hybridized carbons (Fsp3) is 1.00. The maximum absolute atomic E-state index is 5.46. The van der Waals surface area contributed by atoms with E-state index >= 15 is 0 Å². The van der Waals surface area contributed by atoms with E-state index in [0.717, 1.165) is 19.6 Å². The van der Waals surface area contributed by atoms with Crippen LogP contribution in [0.2, 0.25) is 0 Å². The lowest BCUT2D eigenvalue weighted by molar-refractivity contribution is 0.0658. The van der Waals surface area contributed by atoms with Crippen molar-refractivity contribution in [3.05, 3.63) is 0 Å². The molecule has 0 aliphatic carbocycles. The van der Waals surface area contributed by atoms with Gasteiger partial charge in [-0.25, -0.2) is 0 Å². The van der Waals surface area contributed by atoms with Gasteiger partial charge in [0.25, 0.3) is 0 Å². The monoisotopic (exact) mass is 128 g/mol. The van der Waals surface area contributed by atoms with Crippen molar-refractivity contribution in [3.8, 4) is 0 Å². The number of hydrogen-bond donors (Lipinski definition) is 0. The van der Waals surface area contributed by atoms with Crippen molar-refractivity contribution in [2.24, 2.45) is 5.92 Å². The second kappa shape index (κ2) is 1.96. The zero-order valence-corrected chi connectivity index (χ0v) is 5.67. The van der Waals surface area contributed by atoms with Crippen molar-refractivity contribution in [1.82, 2.24) is 0 Å². The van der Waals surface area contributed by atoms with Gasteiger partial charge in [-0.2, -0.15) is 0 Å². The third kappa shape index (κ3) is 0.775. The Morgan fingerprint density at radius 2 is 2.22 bits per heavy atom. The van der Waals surface area contributed by atoms with Crippen molar-refractivity contribution in [3.63, 3.8) is 0 Å². The Balaban J connectivity index is 2.07. The fourth-order valence-electron chi connectivity index (χ4n) is 1.67. The van der Waals surface area contributed by atoms with Gasteiger partial charge in [0.1, 0.15) is 0 Å². The highest BCUT2D eigenvalue weighted by Gasteiger charge is 2.38. The van der Waals surface area contributed by atoms with Gasteiger partial charge < -0.3 is 9.47 Å². The maximum atomic E-state index is 5.46. The van der Waals surface area contributed by atoms with Crippen LogP contribution in [-0.4, -0.2) is 25.4 Å². The zero-order valence-electron chi connectivity index (χ0n) is 5.67. The molecule has 0 aromatic rings. The summed E-state index contributed by atoms with van der Waals surface area (Å²) in [4.78, 5) is 0. The normalized spacial score (nSPS) is 49.7. The van der Waals surface area contributed by atoms with Crippen LogP contribution in [0.25, 0.3) is 0 Å². The van der Waals surface area contributed by atoms with Crippen LogP contribution in [0.3, 0.4) is 0 Å². The van der Waals surface area contributed by atoms with Gasteiger partial charge in [0, 0.05) is 12.5 Å². The molecule has 0 bridgehead atoms. The SMILES string of the molecule is C[C@@H]1COC2CCOC21. The molecule has 9 heavy (non-hydrogen) atoms. The van der Waals surface area contributed by atoms with Gasteiger partial charge in [-0.05, 0) is 6.42 Å². The second-order valence-corrected chi connectivity index (χ2v) is 2.97. The van der Waals surface area contributed by atoms with Gasteiger partial charge in [0.2, 0.25) is 0 Å². The molecule has 3 atom stereocenters. The molecule has 0 saturated carbocycles.